The summed E-state index contributed by atoms with van der Waals surface area (Å²) in [7, 11) is 0. The number of nitrogens with zero attached hydrogens (tertiary/aromatic N) is 3. The Bertz CT molecular complexity index is 804. The van der Waals surface area contributed by atoms with Gasteiger partial charge >= 0.3 is 6.03 Å². The van der Waals surface area contributed by atoms with E-state index in [4.69, 9.17) is 11.5 Å². The van der Waals surface area contributed by atoms with Crippen LogP contribution in [0.2, 0.25) is 0 Å². The minimum absolute atomic E-state index is 0.0899. The van der Waals surface area contributed by atoms with E-state index < -0.39 is 12.7 Å². The maximum absolute atomic E-state index is 13.2. The van der Waals surface area contributed by atoms with Gasteiger partial charge in [0.05, 0.1) is 5.70 Å². The number of aromatic nitrogens is 2. The number of allylic oxidation sites excluding steroid dienone is 1. The molecule has 6 N–H and O–H groups in total. The molecule has 0 spiro atoms. The molecule has 0 saturated heterocycles. The number of hydrogen-bond donors (Lipinski definition) is 4. The highest BCUT2D eigenvalue weighted by Gasteiger charge is 2.11. The van der Waals surface area contributed by atoms with Crippen LogP contribution in [0.15, 0.2) is 59.0 Å². The van der Waals surface area contributed by atoms with Crippen LogP contribution in [-0.2, 0) is 6.54 Å². The van der Waals surface area contributed by atoms with E-state index in [0.29, 0.717) is 17.8 Å². The third-order valence-electron chi connectivity index (χ3n) is 3.35. The Labute approximate surface area is 150 Å². The highest BCUT2D eigenvalue weighted by molar-refractivity contribution is 6.07. The summed E-state index contributed by atoms with van der Waals surface area (Å²) in [6, 6.07) is 8.06. The molecule has 8 nitrogen and oxygen atoms in total. The molecule has 0 bridgehead atoms. The largest absolute Gasteiger partial charge is 0.382 e. The molecule has 0 aliphatic carbocycles. The van der Waals surface area contributed by atoms with Crippen LogP contribution < -0.4 is 22.1 Å². The number of halogens is 1. The number of urea groups is 1. The molecule has 2 rings (SSSR count). The van der Waals surface area contributed by atoms with Gasteiger partial charge in [-0.05, 0) is 36.3 Å². The van der Waals surface area contributed by atoms with E-state index in [1.807, 2.05) is 12.1 Å². The molecule has 0 aliphatic heterocycles. The lowest BCUT2D eigenvalue weighted by atomic mass is 10.2. The highest BCUT2D eigenvalue weighted by atomic mass is 19.1. The van der Waals surface area contributed by atoms with Crippen LogP contribution in [0.3, 0.4) is 0 Å². The van der Waals surface area contributed by atoms with Gasteiger partial charge in [0.2, 0.25) is 5.95 Å². The molecule has 9 heteroatoms. The van der Waals surface area contributed by atoms with Crippen LogP contribution in [-0.4, -0.2) is 28.5 Å². The van der Waals surface area contributed by atoms with Crippen molar-refractivity contribution in [1.82, 2.24) is 9.97 Å². The molecule has 0 fully saturated rings. The second-order valence-electron chi connectivity index (χ2n) is 5.31. The molecule has 2 amide bonds. The number of amidine groups is 1. The maximum Gasteiger partial charge on any atom is 0.349 e. The molecule has 0 atom stereocenters. The quantitative estimate of drug-likeness (QED) is 0.463. The Balaban J connectivity index is 2.18. The lowest BCUT2D eigenvalue weighted by Gasteiger charge is -2.13. The summed E-state index contributed by atoms with van der Waals surface area (Å²) in [4.78, 5) is 23.4. The summed E-state index contributed by atoms with van der Waals surface area (Å²) < 4.78 is 13.2. The van der Waals surface area contributed by atoms with Crippen LogP contribution in [0.5, 0.6) is 0 Å². The van der Waals surface area contributed by atoms with Gasteiger partial charge in [-0.2, -0.15) is 4.99 Å². The zero-order valence-electron chi connectivity index (χ0n) is 14.2. The number of nitrogens with one attached hydrogen (secondary N) is 2. The Hall–Kier alpha value is -3.33. The van der Waals surface area contributed by atoms with E-state index in [2.05, 4.69) is 25.6 Å². The number of amides is 2. The van der Waals surface area contributed by atoms with Gasteiger partial charge in [0.1, 0.15) is 6.67 Å². The lowest BCUT2D eigenvalue weighted by molar-refractivity contribution is 0.259. The number of alkyl halides is 1. The third-order valence-corrected chi connectivity index (χ3v) is 3.35. The number of benzene rings is 1. The standard InChI is InChI=1S/C17H20FN7O/c1-11(9-18)14(23-13-5-3-12(10-19)4-6-13)15(20)24-17(26)25-16-21-7-2-8-22-16/h2-8,23H,9-10,19H2,1H3,(H3,20,21,22,24,25,26)/b14-11+. The average molecular weight is 357 g/mol. The summed E-state index contributed by atoms with van der Waals surface area (Å²) in [5, 5.41) is 5.36. The van der Waals surface area contributed by atoms with E-state index in [-0.39, 0.29) is 17.5 Å². The summed E-state index contributed by atoms with van der Waals surface area (Å²) >= 11 is 0. The van der Waals surface area contributed by atoms with E-state index in [1.54, 1.807) is 25.1 Å². The SMILES string of the molecule is C/C(CF)=C(\Nc1ccc(CN)cc1)C(N)=NC(=O)Nc1ncccn1. The van der Waals surface area contributed by atoms with Crippen LogP contribution in [0.4, 0.5) is 20.8 Å². The molecule has 136 valence electrons. The molecule has 26 heavy (non-hydrogen) atoms. The lowest BCUT2D eigenvalue weighted by Crippen LogP contribution is -2.25. The smallest absolute Gasteiger partial charge is 0.349 e. The van der Waals surface area contributed by atoms with Crippen molar-refractivity contribution >= 4 is 23.5 Å². The Morgan fingerprint density at radius 3 is 2.42 bits per heavy atom. The minimum Gasteiger partial charge on any atom is -0.382 e. The number of carbonyl (C=O) groups is 1. The fourth-order valence-electron chi connectivity index (χ4n) is 1.98. The van der Waals surface area contributed by atoms with Gasteiger partial charge in [-0.25, -0.2) is 19.2 Å². The van der Waals surface area contributed by atoms with Gasteiger partial charge in [-0.1, -0.05) is 12.1 Å². The predicted octanol–water partition coefficient (Wildman–Crippen LogP) is 2.18. The summed E-state index contributed by atoms with van der Waals surface area (Å²) in [5.74, 6) is -0.0661. The number of carbonyl (C=O) groups excluding carboxylic acids is 1. The first kappa shape index (κ1) is 19.0. The van der Waals surface area contributed by atoms with Crippen molar-refractivity contribution in [3.05, 3.63) is 59.6 Å². The van der Waals surface area contributed by atoms with Crippen molar-refractivity contribution in [2.45, 2.75) is 13.5 Å². The van der Waals surface area contributed by atoms with Gasteiger partial charge in [-0.3, -0.25) is 5.32 Å². The Kier molecular flexibility index (Phi) is 6.75. The fraction of sp³-hybridized carbons (Fsp3) is 0.176. The maximum atomic E-state index is 13.2. The van der Waals surface area contributed by atoms with Gasteiger partial charge in [0, 0.05) is 24.6 Å². The van der Waals surface area contributed by atoms with Crippen LogP contribution in [0.1, 0.15) is 12.5 Å². The van der Waals surface area contributed by atoms with Gasteiger partial charge < -0.3 is 16.8 Å². The van der Waals surface area contributed by atoms with Crippen LogP contribution in [0.25, 0.3) is 0 Å². The first-order chi connectivity index (χ1) is 12.5. The summed E-state index contributed by atoms with van der Waals surface area (Å²) in [6.45, 7) is 1.22. The van der Waals surface area contributed by atoms with Gasteiger partial charge in [0.15, 0.2) is 5.84 Å². The van der Waals surface area contributed by atoms with E-state index >= 15 is 0 Å². The van der Waals surface area contributed by atoms with Crippen LogP contribution >= 0.6 is 0 Å². The fourth-order valence-corrected chi connectivity index (χ4v) is 1.98. The molecule has 0 unspecified atom stereocenters. The van der Waals surface area contributed by atoms with E-state index in [1.165, 1.54) is 12.4 Å². The first-order valence-corrected chi connectivity index (χ1v) is 7.77. The molecule has 1 heterocycles. The summed E-state index contributed by atoms with van der Waals surface area (Å²) in [5.41, 5.74) is 13.6. The number of anilines is 2. The zero-order valence-corrected chi connectivity index (χ0v) is 14.2. The molecule has 0 aliphatic rings. The van der Waals surface area contributed by atoms with Crippen molar-refractivity contribution in [2.24, 2.45) is 16.5 Å². The molecule has 0 saturated carbocycles. The second-order valence-corrected chi connectivity index (χ2v) is 5.31. The van der Waals surface area contributed by atoms with Crippen LogP contribution in [0, 0.1) is 0 Å². The molecular formula is C17H20FN7O. The predicted molar refractivity (Wildman–Crippen MR) is 99.3 cm³/mol. The van der Waals surface area contributed by atoms with Crippen molar-refractivity contribution in [3.8, 4) is 0 Å². The molecular weight excluding hydrogens is 337 g/mol. The van der Waals surface area contributed by atoms with Crippen molar-refractivity contribution in [3.63, 3.8) is 0 Å². The van der Waals surface area contributed by atoms with E-state index in [0.717, 1.165) is 5.56 Å². The molecule has 0 radical (unpaired) electrons. The monoisotopic (exact) mass is 357 g/mol. The van der Waals surface area contributed by atoms with E-state index in [9.17, 15) is 9.18 Å². The minimum atomic E-state index is -0.766. The number of hydrogen-bond acceptors (Lipinski definition) is 5. The number of nitrogens with two attached hydrogens (primary N) is 2. The first-order valence-electron chi connectivity index (χ1n) is 7.77. The molecule has 1 aromatic carbocycles. The van der Waals surface area contributed by atoms with Crippen molar-refractivity contribution in [2.75, 3.05) is 17.3 Å². The van der Waals surface area contributed by atoms with Crippen molar-refractivity contribution in [1.29, 1.82) is 0 Å². The Morgan fingerprint density at radius 2 is 1.85 bits per heavy atom. The topological polar surface area (TPSA) is 131 Å². The van der Waals surface area contributed by atoms with Gasteiger partial charge in [0.25, 0.3) is 0 Å². The molecule has 2 aromatic rings. The molecule has 1 aromatic heterocycles. The van der Waals surface area contributed by atoms with Crippen molar-refractivity contribution < 1.29 is 9.18 Å². The zero-order chi connectivity index (χ0) is 18.9. The number of aliphatic imine (C=N–C) groups is 1. The third kappa shape index (κ3) is 5.35. The van der Waals surface area contributed by atoms with Gasteiger partial charge in [-0.15, -0.1) is 0 Å². The number of rotatable bonds is 6. The second kappa shape index (κ2) is 9.23. The Morgan fingerprint density at radius 1 is 1.19 bits per heavy atom. The normalized spacial score (nSPS) is 12.3. The highest BCUT2D eigenvalue weighted by Crippen LogP contribution is 2.15. The summed E-state index contributed by atoms with van der Waals surface area (Å²) in [6.07, 6.45) is 2.95. The average Bonchev–Trinajstić information content (AvgIpc) is 2.66.